The molecule has 0 atom stereocenters. The Balaban J connectivity index is 2.07. The van der Waals surface area contributed by atoms with E-state index < -0.39 is 0 Å². The van der Waals surface area contributed by atoms with Gasteiger partial charge in [0.15, 0.2) is 0 Å². The number of ketones is 1. The highest BCUT2D eigenvalue weighted by molar-refractivity contribution is 6.19. The first-order valence-electron chi connectivity index (χ1n) is 8.79. The van der Waals surface area contributed by atoms with Crippen molar-refractivity contribution in [3.63, 3.8) is 0 Å². The fraction of sp³-hybridized carbons (Fsp3) is 0.0435. The number of rotatable bonds is 2. The van der Waals surface area contributed by atoms with Crippen LogP contribution in [-0.4, -0.2) is 14.8 Å². The van der Waals surface area contributed by atoms with E-state index in [1.165, 1.54) is 0 Å². The third-order valence-electron chi connectivity index (χ3n) is 5.13. The monoisotopic (exact) mass is 352 g/mol. The molecule has 4 nitrogen and oxygen atoms in total. The average molecular weight is 352 g/mol. The van der Waals surface area contributed by atoms with Gasteiger partial charge in [-0.05, 0) is 12.1 Å². The molecule has 0 N–H and O–H groups in total. The lowest BCUT2D eigenvalue weighted by Gasteiger charge is -2.10. The summed E-state index contributed by atoms with van der Waals surface area (Å²) in [5, 5.41) is 1.59. The van der Waals surface area contributed by atoms with Gasteiger partial charge in [-0.3, -0.25) is 14.0 Å². The maximum absolute atomic E-state index is 13.4. The Morgan fingerprint density at radius 2 is 1.33 bits per heavy atom. The minimum Gasteiger partial charge on any atom is -0.308 e. The van der Waals surface area contributed by atoms with Crippen LogP contribution in [0.5, 0.6) is 0 Å². The van der Waals surface area contributed by atoms with Crippen molar-refractivity contribution >= 4 is 33.1 Å². The number of benzene rings is 3. The maximum Gasteiger partial charge on any atom is 0.275 e. The van der Waals surface area contributed by atoms with Crippen LogP contribution < -0.4 is 5.56 Å². The number of para-hydroxylation sites is 2. The summed E-state index contributed by atoms with van der Waals surface area (Å²) in [5.74, 6) is -0.0924. The molecular weight excluding hydrogens is 336 g/mol. The molecule has 0 saturated carbocycles. The lowest BCUT2D eigenvalue weighted by molar-refractivity contribution is 0.103. The molecule has 3 aromatic carbocycles. The van der Waals surface area contributed by atoms with Crippen molar-refractivity contribution in [2.75, 3.05) is 0 Å². The van der Waals surface area contributed by atoms with Gasteiger partial charge in [0.05, 0.1) is 11.0 Å². The third-order valence-corrected chi connectivity index (χ3v) is 5.13. The molecule has 4 heteroatoms. The summed E-state index contributed by atoms with van der Waals surface area (Å²) in [4.78, 5) is 26.6. The minimum atomic E-state index is -0.114. The summed E-state index contributed by atoms with van der Waals surface area (Å²) in [6, 6.07) is 24.5. The molecule has 0 fully saturated rings. The number of hydrogen-bond donors (Lipinski definition) is 0. The number of carbonyl (C=O) groups excluding carboxylic acids is 1. The Bertz CT molecular complexity index is 1410. The minimum absolute atomic E-state index is 0.0924. The molecule has 0 saturated heterocycles. The fourth-order valence-electron chi connectivity index (χ4n) is 3.86. The van der Waals surface area contributed by atoms with Crippen LogP contribution in [0.15, 0.2) is 83.7 Å². The normalized spacial score (nSPS) is 11.4. The van der Waals surface area contributed by atoms with E-state index in [1.54, 1.807) is 23.7 Å². The van der Waals surface area contributed by atoms with E-state index in [-0.39, 0.29) is 11.3 Å². The summed E-state index contributed by atoms with van der Waals surface area (Å²) in [5.41, 5.74) is 3.18. The van der Waals surface area contributed by atoms with Crippen LogP contribution in [-0.2, 0) is 7.05 Å². The summed E-state index contributed by atoms with van der Waals surface area (Å²) in [6.45, 7) is 0. The predicted molar refractivity (Wildman–Crippen MR) is 108 cm³/mol. The smallest absolute Gasteiger partial charge is 0.275 e. The number of carbonyl (C=O) groups is 1. The van der Waals surface area contributed by atoms with Crippen LogP contribution in [0.25, 0.3) is 27.3 Å². The largest absolute Gasteiger partial charge is 0.308 e. The Morgan fingerprint density at radius 1 is 0.741 bits per heavy atom. The molecule has 0 aliphatic carbocycles. The van der Waals surface area contributed by atoms with Gasteiger partial charge in [0.1, 0.15) is 11.2 Å². The van der Waals surface area contributed by atoms with Gasteiger partial charge in [0.2, 0.25) is 5.78 Å². The molecule has 0 aliphatic rings. The first-order valence-corrected chi connectivity index (χ1v) is 8.79. The quantitative estimate of drug-likeness (QED) is 0.448. The molecule has 0 bridgehead atoms. The molecule has 5 rings (SSSR count). The molecule has 0 spiro atoms. The van der Waals surface area contributed by atoms with Crippen LogP contribution >= 0.6 is 0 Å². The highest BCUT2D eigenvalue weighted by Crippen LogP contribution is 2.30. The third kappa shape index (κ3) is 2.10. The highest BCUT2D eigenvalue weighted by atomic mass is 16.1. The molecule has 5 aromatic rings. The first kappa shape index (κ1) is 15.6. The molecular formula is C23H16N2O2. The van der Waals surface area contributed by atoms with Gasteiger partial charge < -0.3 is 4.57 Å². The topological polar surface area (TPSA) is 43.5 Å². The van der Waals surface area contributed by atoms with Crippen molar-refractivity contribution in [2.45, 2.75) is 0 Å². The van der Waals surface area contributed by atoms with E-state index in [0.29, 0.717) is 16.8 Å². The van der Waals surface area contributed by atoms with Crippen molar-refractivity contribution in [2.24, 2.45) is 7.05 Å². The lowest BCUT2D eigenvalue weighted by atomic mass is 10.0. The van der Waals surface area contributed by atoms with Crippen molar-refractivity contribution in [1.82, 2.24) is 8.97 Å². The van der Waals surface area contributed by atoms with Gasteiger partial charge in [-0.2, -0.15) is 0 Å². The second-order valence-electron chi connectivity index (χ2n) is 6.63. The molecule has 27 heavy (non-hydrogen) atoms. The van der Waals surface area contributed by atoms with E-state index in [4.69, 9.17) is 0 Å². The zero-order valence-corrected chi connectivity index (χ0v) is 14.7. The summed E-state index contributed by atoms with van der Waals surface area (Å²) >= 11 is 0. The van der Waals surface area contributed by atoms with Crippen LogP contribution in [0.2, 0.25) is 0 Å². The molecule has 2 heterocycles. The number of nitrogens with zero attached hydrogens (tertiary/aromatic N) is 2. The first-order chi connectivity index (χ1) is 13.2. The average Bonchev–Trinajstić information content (AvgIpc) is 3.07. The second kappa shape index (κ2) is 5.68. The van der Waals surface area contributed by atoms with Crippen molar-refractivity contribution in [1.29, 1.82) is 0 Å². The Labute approximate surface area is 154 Å². The second-order valence-corrected chi connectivity index (χ2v) is 6.63. The standard InChI is InChI=1S/C23H16N2O2/c1-24-18-13-7-8-14-19(18)25-20(22(26)15-9-3-2-4-10-15)16-11-5-6-12-17(16)21(25)23(24)27/h2-14H,1H3. The van der Waals surface area contributed by atoms with Gasteiger partial charge in [-0.25, -0.2) is 0 Å². The van der Waals surface area contributed by atoms with Crippen LogP contribution in [0, 0.1) is 0 Å². The van der Waals surface area contributed by atoms with Gasteiger partial charge in [0, 0.05) is 23.4 Å². The summed E-state index contributed by atoms with van der Waals surface area (Å²) in [6.07, 6.45) is 0. The Hall–Kier alpha value is -3.66. The molecule has 2 aromatic heterocycles. The molecule has 0 unspecified atom stereocenters. The van der Waals surface area contributed by atoms with E-state index >= 15 is 0 Å². The highest BCUT2D eigenvalue weighted by Gasteiger charge is 2.23. The van der Waals surface area contributed by atoms with Crippen molar-refractivity contribution in [3.05, 3.63) is 100 Å². The molecule has 130 valence electrons. The summed E-state index contributed by atoms with van der Waals surface area (Å²) in [7, 11) is 1.77. The zero-order valence-electron chi connectivity index (χ0n) is 14.7. The van der Waals surface area contributed by atoms with Gasteiger partial charge >= 0.3 is 0 Å². The van der Waals surface area contributed by atoms with Crippen molar-refractivity contribution in [3.8, 4) is 0 Å². The maximum atomic E-state index is 13.4. The lowest BCUT2D eigenvalue weighted by Crippen LogP contribution is -2.21. The predicted octanol–water partition coefficient (Wildman–Crippen LogP) is 4.18. The van der Waals surface area contributed by atoms with E-state index in [0.717, 1.165) is 21.8 Å². The molecule has 0 aliphatic heterocycles. The Morgan fingerprint density at radius 3 is 2.07 bits per heavy atom. The van der Waals surface area contributed by atoms with E-state index in [2.05, 4.69) is 0 Å². The Kier molecular flexibility index (Phi) is 3.28. The number of fused-ring (bicyclic) bond motifs is 5. The number of aromatic nitrogens is 2. The molecule has 0 amide bonds. The zero-order chi connectivity index (χ0) is 18.5. The van der Waals surface area contributed by atoms with E-state index in [9.17, 15) is 9.59 Å². The van der Waals surface area contributed by atoms with E-state index in [1.807, 2.05) is 71.1 Å². The summed E-state index contributed by atoms with van der Waals surface area (Å²) < 4.78 is 3.48. The van der Waals surface area contributed by atoms with Crippen LogP contribution in [0.4, 0.5) is 0 Å². The SMILES string of the molecule is Cn1c(=O)c2c3ccccc3c(C(=O)c3ccccc3)n2c2ccccc21. The molecule has 0 radical (unpaired) electrons. The van der Waals surface area contributed by atoms with Gasteiger partial charge in [-0.15, -0.1) is 0 Å². The number of hydrogen-bond acceptors (Lipinski definition) is 2. The van der Waals surface area contributed by atoms with Crippen LogP contribution in [0.3, 0.4) is 0 Å². The number of aryl methyl sites for hydroxylation is 1. The van der Waals surface area contributed by atoms with Crippen molar-refractivity contribution < 1.29 is 4.79 Å². The fourth-order valence-corrected chi connectivity index (χ4v) is 3.86. The van der Waals surface area contributed by atoms with Crippen LogP contribution in [0.1, 0.15) is 16.1 Å². The van der Waals surface area contributed by atoms with Gasteiger partial charge in [-0.1, -0.05) is 66.7 Å². The van der Waals surface area contributed by atoms with Gasteiger partial charge in [0.25, 0.3) is 5.56 Å².